The van der Waals surface area contributed by atoms with Crippen LogP contribution >= 0.6 is 0 Å². The number of nitrogens with one attached hydrogen (secondary N) is 2. The molecule has 0 aliphatic carbocycles. The van der Waals surface area contributed by atoms with Gasteiger partial charge in [0, 0.05) is 37.5 Å². The molecule has 0 unspecified atom stereocenters. The number of carbonyl (C=O) groups is 1. The van der Waals surface area contributed by atoms with Crippen LogP contribution in [0.25, 0.3) is 5.65 Å². The second-order valence-electron chi connectivity index (χ2n) is 6.14. The van der Waals surface area contributed by atoms with Crippen molar-refractivity contribution in [2.24, 2.45) is 0 Å². The van der Waals surface area contributed by atoms with E-state index in [1.54, 1.807) is 17.1 Å². The Kier molecular flexibility index (Phi) is 3.78. The van der Waals surface area contributed by atoms with Crippen LogP contribution in [-0.4, -0.2) is 38.2 Å². The van der Waals surface area contributed by atoms with Gasteiger partial charge < -0.3 is 15.0 Å². The monoisotopic (exact) mass is 324 g/mol. The van der Waals surface area contributed by atoms with Gasteiger partial charge in [-0.15, -0.1) is 0 Å². The molecule has 24 heavy (non-hydrogen) atoms. The summed E-state index contributed by atoms with van der Waals surface area (Å²) in [6.45, 7) is 2.11. The van der Waals surface area contributed by atoms with Gasteiger partial charge in [-0.3, -0.25) is 9.48 Å². The van der Waals surface area contributed by atoms with Crippen LogP contribution in [0.3, 0.4) is 0 Å². The van der Waals surface area contributed by atoms with Gasteiger partial charge in [-0.25, -0.2) is 4.98 Å². The molecule has 124 valence electrons. The first kappa shape index (κ1) is 14.9. The number of aromatic nitrogens is 4. The van der Waals surface area contributed by atoms with Crippen molar-refractivity contribution in [2.75, 3.05) is 13.1 Å². The van der Waals surface area contributed by atoms with Crippen LogP contribution < -0.4 is 10.6 Å². The Balaban J connectivity index is 1.52. The Morgan fingerprint density at radius 2 is 2.12 bits per heavy atom. The summed E-state index contributed by atoms with van der Waals surface area (Å²) in [5.41, 5.74) is 1.31. The van der Waals surface area contributed by atoms with E-state index in [2.05, 4.69) is 20.7 Å². The molecule has 1 fully saturated rings. The van der Waals surface area contributed by atoms with Crippen LogP contribution in [0.5, 0.6) is 0 Å². The first-order valence-electron chi connectivity index (χ1n) is 8.19. The lowest BCUT2D eigenvalue weighted by Gasteiger charge is -2.36. The van der Waals surface area contributed by atoms with Crippen LogP contribution in [0.1, 0.15) is 18.4 Å². The third-order valence-electron chi connectivity index (χ3n) is 4.71. The third-order valence-corrected chi connectivity index (χ3v) is 4.71. The highest BCUT2D eigenvalue weighted by Gasteiger charge is 2.41. The molecule has 0 aromatic carbocycles. The molecule has 4 rings (SSSR count). The highest BCUT2D eigenvalue weighted by Crippen LogP contribution is 2.27. The maximum Gasteiger partial charge on any atom is 0.248 e. The number of pyridine rings is 1. The predicted molar refractivity (Wildman–Crippen MR) is 89.3 cm³/mol. The zero-order valence-electron chi connectivity index (χ0n) is 13.4. The molecular weight excluding hydrogens is 304 g/mol. The molecule has 0 spiro atoms. The molecule has 1 aliphatic rings. The van der Waals surface area contributed by atoms with Crippen LogP contribution in [0.2, 0.25) is 0 Å². The van der Waals surface area contributed by atoms with Crippen LogP contribution in [-0.2, 0) is 16.9 Å². The van der Waals surface area contributed by atoms with Gasteiger partial charge in [0.25, 0.3) is 0 Å². The fourth-order valence-corrected chi connectivity index (χ4v) is 3.33. The summed E-state index contributed by atoms with van der Waals surface area (Å²) in [6, 6.07) is 5.85. The first-order chi connectivity index (χ1) is 11.8. The van der Waals surface area contributed by atoms with Gasteiger partial charge in [-0.1, -0.05) is 0 Å². The van der Waals surface area contributed by atoms with Crippen molar-refractivity contribution in [3.05, 3.63) is 54.7 Å². The van der Waals surface area contributed by atoms with Gasteiger partial charge in [0.1, 0.15) is 11.2 Å². The lowest BCUT2D eigenvalue weighted by molar-refractivity contribution is -0.132. The average molecular weight is 324 g/mol. The number of fused-ring (bicyclic) bond motifs is 1. The topological polar surface area (TPSA) is 76.2 Å². The van der Waals surface area contributed by atoms with Gasteiger partial charge in [0.15, 0.2) is 0 Å². The summed E-state index contributed by atoms with van der Waals surface area (Å²) in [4.78, 5) is 17.3. The molecule has 2 N–H and O–H groups in total. The molecule has 3 aromatic heterocycles. The highest BCUT2D eigenvalue weighted by atomic mass is 16.2. The molecule has 1 amide bonds. The molecular formula is C17H20N6O. The standard InChI is InChI=1S/C17H20N6O/c24-16(17(3-6-18-7-4-17)23-9-1-5-21-23)20-13-14-2-10-22-11-8-19-15(22)12-14/h1-2,5,8-12,18H,3-4,6-7,13H2,(H,20,24). The van der Waals surface area contributed by atoms with E-state index in [1.807, 2.05) is 41.2 Å². The minimum absolute atomic E-state index is 0.0240. The normalized spacial score (nSPS) is 17.0. The maximum absolute atomic E-state index is 13.0. The zero-order valence-corrected chi connectivity index (χ0v) is 13.4. The molecule has 3 aromatic rings. The lowest BCUT2D eigenvalue weighted by atomic mass is 9.87. The lowest BCUT2D eigenvalue weighted by Crippen LogP contribution is -2.54. The van der Waals surface area contributed by atoms with Crippen molar-refractivity contribution in [1.82, 2.24) is 29.8 Å². The van der Waals surface area contributed by atoms with E-state index < -0.39 is 5.54 Å². The summed E-state index contributed by atoms with van der Waals surface area (Å²) in [5, 5.41) is 10.7. The van der Waals surface area contributed by atoms with E-state index in [4.69, 9.17) is 0 Å². The minimum atomic E-state index is -0.605. The molecule has 4 heterocycles. The van der Waals surface area contributed by atoms with Crippen molar-refractivity contribution < 1.29 is 4.79 Å². The number of nitrogens with zero attached hydrogens (tertiary/aromatic N) is 4. The van der Waals surface area contributed by atoms with Crippen molar-refractivity contribution in [1.29, 1.82) is 0 Å². The molecule has 7 heteroatoms. The van der Waals surface area contributed by atoms with E-state index >= 15 is 0 Å². The fourth-order valence-electron chi connectivity index (χ4n) is 3.33. The molecule has 0 saturated carbocycles. The summed E-state index contributed by atoms with van der Waals surface area (Å²) < 4.78 is 3.75. The Morgan fingerprint density at radius 3 is 2.92 bits per heavy atom. The average Bonchev–Trinajstić information content (AvgIpc) is 3.31. The summed E-state index contributed by atoms with van der Waals surface area (Å²) in [5.74, 6) is 0.0240. The third kappa shape index (κ3) is 2.56. The molecule has 7 nitrogen and oxygen atoms in total. The van der Waals surface area contributed by atoms with Crippen molar-refractivity contribution in [3.8, 4) is 0 Å². The number of rotatable bonds is 4. The molecule has 1 saturated heterocycles. The van der Waals surface area contributed by atoms with Crippen molar-refractivity contribution >= 4 is 11.6 Å². The summed E-state index contributed by atoms with van der Waals surface area (Å²) in [7, 11) is 0. The SMILES string of the molecule is O=C(NCc1ccn2ccnc2c1)C1(n2cccn2)CCNCC1. The number of amides is 1. The van der Waals surface area contributed by atoms with Crippen LogP contribution in [0.15, 0.2) is 49.2 Å². The second-order valence-corrected chi connectivity index (χ2v) is 6.14. The molecule has 0 radical (unpaired) electrons. The largest absolute Gasteiger partial charge is 0.350 e. The second kappa shape index (κ2) is 6.09. The first-order valence-corrected chi connectivity index (χ1v) is 8.19. The molecule has 1 aliphatic heterocycles. The maximum atomic E-state index is 13.0. The van der Waals surface area contributed by atoms with E-state index in [1.165, 1.54) is 0 Å². The predicted octanol–water partition coefficient (Wildman–Crippen LogP) is 0.926. The number of carbonyl (C=O) groups excluding carboxylic acids is 1. The smallest absolute Gasteiger partial charge is 0.248 e. The van der Waals surface area contributed by atoms with Crippen LogP contribution in [0.4, 0.5) is 0 Å². The minimum Gasteiger partial charge on any atom is -0.350 e. The van der Waals surface area contributed by atoms with E-state index in [9.17, 15) is 4.79 Å². The number of piperidine rings is 1. The van der Waals surface area contributed by atoms with Gasteiger partial charge in [0.05, 0.1) is 0 Å². The van der Waals surface area contributed by atoms with E-state index in [0.29, 0.717) is 6.54 Å². The van der Waals surface area contributed by atoms with Gasteiger partial charge in [-0.2, -0.15) is 5.10 Å². The Bertz CT molecular complexity index is 832. The zero-order chi connectivity index (χ0) is 16.4. The molecule has 0 atom stereocenters. The Labute approximate surface area is 139 Å². The molecule has 0 bridgehead atoms. The van der Waals surface area contributed by atoms with E-state index in [-0.39, 0.29) is 5.91 Å². The number of hydrogen-bond donors (Lipinski definition) is 2. The quantitative estimate of drug-likeness (QED) is 0.748. The summed E-state index contributed by atoms with van der Waals surface area (Å²) in [6.07, 6.45) is 10.7. The Hall–Kier alpha value is -2.67. The fraction of sp³-hybridized carbons (Fsp3) is 0.353. The summed E-state index contributed by atoms with van der Waals surface area (Å²) >= 11 is 0. The van der Waals surface area contributed by atoms with E-state index in [0.717, 1.165) is 37.1 Å². The highest BCUT2D eigenvalue weighted by molar-refractivity contribution is 5.84. The number of imidazole rings is 1. The Morgan fingerprint density at radius 1 is 1.25 bits per heavy atom. The van der Waals surface area contributed by atoms with Crippen LogP contribution in [0, 0.1) is 0 Å². The van der Waals surface area contributed by atoms with Gasteiger partial charge >= 0.3 is 0 Å². The number of hydrogen-bond acceptors (Lipinski definition) is 4. The van der Waals surface area contributed by atoms with Crippen molar-refractivity contribution in [2.45, 2.75) is 24.9 Å². The van der Waals surface area contributed by atoms with Crippen molar-refractivity contribution in [3.63, 3.8) is 0 Å². The van der Waals surface area contributed by atoms with Gasteiger partial charge in [0.2, 0.25) is 5.91 Å². The van der Waals surface area contributed by atoms with Gasteiger partial charge in [-0.05, 0) is 49.7 Å².